The van der Waals surface area contributed by atoms with Crippen LogP contribution in [-0.2, 0) is 4.74 Å². The van der Waals surface area contributed by atoms with E-state index >= 15 is 0 Å². The van der Waals surface area contributed by atoms with E-state index in [1.165, 1.54) is 43.3 Å². The van der Waals surface area contributed by atoms with Gasteiger partial charge in [-0.2, -0.15) is 0 Å². The normalized spacial score (nSPS) is 21.4. The summed E-state index contributed by atoms with van der Waals surface area (Å²) >= 11 is 5.74. The zero-order chi connectivity index (χ0) is 11.5. The molecule has 0 aromatic rings. The van der Waals surface area contributed by atoms with E-state index in [2.05, 4.69) is 19.9 Å². The Bertz CT molecular complexity index is 311. The first-order valence-corrected chi connectivity index (χ1v) is 6.87. The van der Waals surface area contributed by atoms with Crippen LogP contribution in [0.4, 0.5) is 0 Å². The van der Waals surface area contributed by atoms with Crippen molar-refractivity contribution in [2.24, 2.45) is 11.8 Å². The first kappa shape index (κ1) is 12.0. The molecule has 0 radical (unpaired) electrons. The minimum absolute atomic E-state index is 0.271. The fraction of sp³-hybridized carbons (Fsp3) is 0.714. The Morgan fingerprint density at radius 1 is 1.44 bits per heavy atom. The molecule has 0 spiro atoms. The van der Waals surface area contributed by atoms with E-state index in [1.54, 1.807) is 0 Å². The smallest absolute Gasteiger partial charge is 0.162 e. The van der Waals surface area contributed by atoms with Gasteiger partial charge in [-0.3, -0.25) is 0 Å². The molecule has 0 unspecified atom stereocenters. The van der Waals surface area contributed by atoms with Gasteiger partial charge in [-0.05, 0) is 55.1 Å². The Balaban J connectivity index is 2.18. The van der Waals surface area contributed by atoms with E-state index < -0.39 is 0 Å². The van der Waals surface area contributed by atoms with Crippen LogP contribution in [0.15, 0.2) is 23.0 Å². The molecule has 2 heteroatoms. The number of alkyl halides is 1. The number of hydrogen-bond acceptors (Lipinski definition) is 1. The third kappa shape index (κ3) is 2.82. The summed E-state index contributed by atoms with van der Waals surface area (Å²) in [5.41, 5.74) is 2.87. The molecule has 16 heavy (non-hydrogen) atoms. The Morgan fingerprint density at radius 3 is 2.75 bits per heavy atom. The summed E-state index contributed by atoms with van der Waals surface area (Å²) in [6, 6.07) is 0.271. The maximum atomic E-state index is 5.74. The number of allylic oxidation sites excluding steroid dienone is 3. The van der Waals surface area contributed by atoms with Gasteiger partial charge in [-0.1, -0.05) is 31.5 Å². The van der Waals surface area contributed by atoms with Gasteiger partial charge >= 0.3 is 0 Å². The molecule has 90 valence electrons. The maximum Gasteiger partial charge on any atom is 0.162 e. The average molecular weight is 241 g/mol. The molecule has 2 aliphatic rings. The lowest BCUT2D eigenvalue weighted by Crippen LogP contribution is -2.09. The number of halogens is 1. The van der Waals surface area contributed by atoms with E-state index in [-0.39, 0.29) is 6.07 Å². The zero-order valence-electron chi connectivity index (χ0n) is 10.3. The van der Waals surface area contributed by atoms with Crippen molar-refractivity contribution >= 4 is 11.6 Å². The third-order valence-electron chi connectivity index (χ3n) is 3.45. The largest absolute Gasteiger partial charge is 0.478 e. The number of hydrogen-bond donors (Lipinski definition) is 0. The van der Waals surface area contributed by atoms with Gasteiger partial charge in [-0.25, -0.2) is 0 Å². The second kappa shape index (κ2) is 5.27. The standard InChI is InChI=1S/C14H21ClO/c1-10(2)13-5-3-4-12(8-11-6-7-11)14(13)16-9-15/h5,10-11H,3-4,6-9H2,1-2H3. The minimum Gasteiger partial charge on any atom is -0.478 e. The fourth-order valence-corrected chi connectivity index (χ4v) is 2.52. The molecular weight excluding hydrogens is 220 g/mol. The van der Waals surface area contributed by atoms with Gasteiger partial charge in [0.25, 0.3) is 0 Å². The minimum atomic E-state index is 0.271. The lowest BCUT2D eigenvalue weighted by molar-refractivity contribution is 0.261. The quantitative estimate of drug-likeness (QED) is 0.637. The molecule has 0 saturated heterocycles. The zero-order valence-corrected chi connectivity index (χ0v) is 11.0. The highest BCUT2D eigenvalue weighted by atomic mass is 35.5. The van der Waals surface area contributed by atoms with E-state index in [9.17, 15) is 0 Å². The average Bonchev–Trinajstić information content (AvgIpc) is 3.04. The molecule has 0 heterocycles. The molecule has 0 N–H and O–H groups in total. The topological polar surface area (TPSA) is 9.23 Å². The van der Waals surface area contributed by atoms with Crippen molar-refractivity contribution in [1.82, 2.24) is 0 Å². The van der Waals surface area contributed by atoms with Gasteiger partial charge in [0.1, 0.15) is 5.76 Å². The van der Waals surface area contributed by atoms with E-state index in [1.807, 2.05) is 0 Å². The van der Waals surface area contributed by atoms with Gasteiger partial charge in [0.15, 0.2) is 6.07 Å². The molecule has 0 amide bonds. The van der Waals surface area contributed by atoms with Crippen molar-refractivity contribution in [3.05, 3.63) is 23.0 Å². The Hall–Kier alpha value is -0.430. The van der Waals surface area contributed by atoms with E-state index in [4.69, 9.17) is 16.3 Å². The SMILES string of the molecule is CC(C)C1=CCCC(CC2CC2)=C1OCCl. The highest BCUT2D eigenvalue weighted by Gasteiger charge is 2.27. The fourth-order valence-electron chi connectivity index (χ4n) is 2.42. The van der Waals surface area contributed by atoms with E-state index in [0.29, 0.717) is 5.92 Å². The summed E-state index contributed by atoms with van der Waals surface area (Å²) in [5, 5.41) is 0. The van der Waals surface area contributed by atoms with Crippen LogP contribution in [-0.4, -0.2) is 6.07 Å². The molecule has 0 aromatic heterocycles. The van der Waals surface area contributed by atoms with E-state index in [0.717, 1.165) is 11.7 Å². The molecule has 0 aromatic carbocycles. The van der Waals surface area contributed by atoms with Crippen molar-refractivity contribution in [3.8, 4) is 0 Å². The van der Waals surface area contributed by atoms with Gasteiger partial charge in [-0.15, -0.1) is 0 Å². The summed E-state index contributed by atoms with van der Waals surface area (Å²) in [5.74, 6) is 2.58. The van der Waals surface area contributed by atoms with Crippen LogP contribution in [0, 0.1) is 11.8 Å². The first-order chi connectivity index (χ1) is 7.72. The van der Waals surface area contributed by atoms with Crippen molar-refractivity contribution in [2.45, 2.75) is 46.0 Å². The summed E-state index contributed by atoms with van der Waals surface area (Å²) in [6.45, 7) is 4.45. The van der Waals surface area contributed by atoms with Gasteiger partial charge in [0, 0.05) is 0 Å². The summed E-state index contributed by atoms with van der Waals surface area (Å²) < 4.78 is 5.67. The Labute approximate surface area is 104 Å². The lowest BCUT2D eigenvalue weighted by atomic mass is 9.88. The molecular formula is C14H21ClO. The summed E-state index contributed by atoms with van der Waals surface area (Å²) in [6.07, 6.45) is 8.69. The summed E-state index contributed by atoms with van der Waals surface area (Å²) in [4.78, 5) is 0. The first-order valence-electron chi connectivity index (χ1n) is 6.33. The molecule has 2 aliphatic carbocycles. The van der Waals surface area contributed by atoms with Crippen molar-refractivity contribution in [1.29, 1.82) is 0 Å². The van der Waals surface area contributed by atoms with Crippen LogP contribution in [0.1, 0.15) is 46.0 Å². The second-order valence-electron chi connectivity index (χ2n) is 5.19. The number of ether oxygens (including phenoxy) is 1. The van der Waals surface area contributed by atoms with Gasteiger partial charge in [0.2, 0.25) is 0 Å². The van der Waals surface area contributed by atoms with Crippen LogP contribution in [0.3, 0.4) is 0 Å². The lowest BCUT2D eigenvalue weighted by Gasteiger charge is -2.24. The molecule has 0 aliphatic heterocycles. The Kier molecular flexibility index (Phi) is 3.96. The summed E-state index contributed by atoms with van der Waals surface area (Å²) in [7, 11) is 0. The van der Waals surface area contributed by atoms with Crippen LogP contribution < -0.4 is 0 Å². The highest BCUT2D eigenvalue weighted by Crippen LogP contribution is 2.41. The molecule has 1 nitrogen and oxygen atoms in total. The highest BCUT2D eigenvalue weighted by molar-refractivity contribution is 6.17. The number of rotatable bonds is 5. The van der Waals surface area contributed by atoms with Crippen molar-refractivity contribution < 1.29 is 4.74 Å². The molecule has 2 rings (SSSR count). The molecule has 1 saturated carbocycles. The van der Waals surface area contributed by atoms with Crippen LogP contribution in [0.2, 0.25) is 0 Å². The molecule has 0 bridgehead atoms. The van der Waals surface area contributed by atoms with Crippen molar-refractivity contribution in [3.63, 3.8) is 0 Å². The van der Waals surface area contributed by atoms with Crippen LogP contribution in [0.25, 0.3) is 0 Å². The maximum absolute atomic E-state index is 5.74. The van der Waals surface area contributed by atoms with Crippen LogP contribution >= 0.6 is 11.6 Å². The van der Waals surface area contributed by atoms with Crippen LogP contribution in [0.5, 0.6) is 0 Å². The van der Waals surface area contributed by atoms with Gasteiger partial charge < -0.3 is 4.74 Å². The van der Waals surface area contributed by atoms with Crippen molar-refractivity contribution in [2.75, 3.05) is 6.07 Å². The predicted molar refractivity (Wildman–Crippen MR) is 68.3 cm³/mol. The molecule has 0 atom stereocenters. The molecule has 1 fully saturated rings. The predicted octanol–water partition coefficient (Wildman–Crippen LogP) is 4.63. The third-order valence-corrected chi connectivity index (χ3v) is 3.56. The second-order valence-corrected chi connectivity index (χ2v) is 5.40. The Morgan fingerprint density at radius 2 is 2.19 bits per heavy atom. The van der Waals surface area contributed by atoms with Gasteiger partial charge in [0.05, 0.1) is 0 Å². The monoisotopic (exact) mass is 240 g/mol.